The molecule has 0 saturated heterocycles. The van der Waals surface area contributed by atoms with Crippen LogP contribution in [0.2, 0.25) is 5.02 Å². The standard InChI is InChI=1S/C9H9ClO.C9H9NS.H3N.S8/c1-6-3-4-9(10)8(5-6)7(2)11;1-6-3-4-9-8(5-6)7(2)10-11-9;;1-3-5-7-8-6-4-2/h2*3-5H,1-2H3;1H3;. The number of carbonyl (C=O) groups excluding carboxylic acids is 1. The number of hydrogen-bond acceptors (Lipinski definition) is 6. The van der Waals surface area contributed by atoms with Crippen LogP contribution in [0.4, 0.5) is 0 Å². The van der Waals surface area contributed by atoms with Crippen LogP contribution in [-0.4, -0.2) is 10.2 Å². The second-order valence-corrected chi connectivity index (χ2v) is 17.5. The highest BCUT2D eigenvalue weighted by atomic mass is 35.5. The van der Waals surface area contributed by atoms with Gasteiger partial charge in [-0.3, -0.25) is 4.79 Å². The molecule has 0 aliphatic rings. The number of rotatable bonds is 1. The molecular weight excluding hydrogens is 584 g/mol. The zero-order valence-electron chi connectivity index (χ0n) is 17.1. The Hall–Kier alpha value is 0.0100. The molecule has 3 aromatic rings. The van der Waals surface area contributed by atoms with Gasteiger partial charge in [0.1, 0.15) is 0 Å². The van der Waals surface area contributed by atoms with Crippen molar-refractivity contribution in [2.75, 3.05) is 0 Å². The van der Waals surface area contributed by atoms with Crippen LogP contribution in [0.25, 0.3) is 10.1 Å². The fourth-order valence-corrected chi connectivity index (χ4v) is 14.1. The zero-order chi connectivity index (χ0) is 22.5. The maximum atomic E-state index is 10.9. The lowest BCUT2D eigenvalue weighted by molar-refractivity contribution is 0.101. The predicted octanol–water partition coefficient (Wildman–Crippen LogP) is 5.91. The third kappa shape index (κ3) is 12.2. The van der Waals surface area contributed by atoms with E-state index >= 15 is 0 Å². The Morgan fingerprint density at radius 2 is 1.48 bits per heavy atom. The molecule has 3 N–H and O–H groups in total. The summed E-state index contributed by atoms with van der Waals surface area (Å²) in [4.78, 5) is 10.9. The van der Waals surface area contributed by atoms with Crippen molar-refractivity contribution < 1.29 is 4.79 Å². The first-order chi connectivity index (χ1) is 14.3. The summed E-state index contributed by atoms with van der Waals surface area (Å²) in [7, 11) is 9.12. The maximum absolute atomic E-state index is 10.9. The molecule has 1 aromatic heterocycles. The largest absolute Gasteiger partial charge is 0.344 e. The summed E-state index contributed by atoms with van der Waals surface area (Å²) in [6.07, 6.45) is 0. The fraction of sp³-hybridized carbons (Fsp3) is 0.222. The SMILES string of the molecule is CC(=O)c1cc(C)ccc1Cl.Cc1ccc2snc(C)c2c1.N.S=S=S=S=S=S=S=S. The van der Waals surface area contributed by atoms with Gasteiger partial charge in [-0.1, -0.05) is 34.9 Å². The minimum absolute atomic E-state index is 0. The quantitative estimate of drug-likeness (QED) is 0.350. The van der Waals surface area contributed by atoms with Crippen LogP contribution < -0.4 is 6.15 Å². The topological polar surface area (TPSA) is 65.0 Å². The van der Waals surface area contributed by atoms with Crippen molar-refractivity contribution in [2.24, 2.45) is 0 Å². The Labute approximate surface area is 219 Å². The molecule has 0 bridgehead atoms. The Morgan fingerprint density at radius 3 is 2.00 bits per heavy atom. The molecule has 0 unspecified atom stereocenters. The van der Waals surface area contributed by atoms with E-state index in [4.69, 9.17) is 11.6 Å². The van der Waals surface area contributed by atoms with Crippen molar-refractivity contribution >= 4 is 115 Å². The first-order valence-corrected chi connectivity index (χ1v) is 18.6. The summed E-state index contributed by atoms with van der Waals surface area (Å²) in [5, 5.41) is 1.83. The van der Waals surface area contributed by atoms with Crippen molar-refractivity contribution in [1.82, 2.24) is 10.5 Å². The lowest BCUT2D eigenvalue weighted by Gasteiger charge is -1.99. The van der Waals surface area contributed by atoms with Gasteiger partial charge in [-0.2, -0.15) is 4.37 Å². The Kier molecular flexibility index (Phi) is 17.5. The second-order valence-electron chi connectivity index (χ2n) is 5.72. The Morgan fingerprint density at radius 1 is 0.935 bits per heavy atom. The van der Waals surface area contributed by atoms with Crippen LogP contribution in [0.3, 0.4) is 0 Å². The van der Waals surface area contributed by atoms with E-state index < -0.39 is 0 Å². The Bertz CT molecular complexity index is 1260. The van der Waals surface area contributed by atoms with E-state index in [1.807, 2.05) is 13.0 Å². The van der Waals surface area contributed by atoms with Gasteiger partial charge >= 0.3 is 0 Å². The highest BCUT2D eigenvalue weighted by molar-refractivity contribution is 8.70. The second kappa shape index (κ2) is 17.5. The van der Waals surface area contributed by atoms with Crippen LogP contribution in [0.15, 0.2) is 36.4 Å². The molecule has 1 heterocycles. The minimum atomic E-state index is 0. The lowest BCUT2D eigenvalue weighted by Crippen LogP contribution is -1.93. The van der Waals surface area contributed by atoms with E-state index in [1.54, 1.807) is 59.2 Å². The van der Waals surface area contributed by atoms with E-state index in [2.05, 4.69) is 58.8 Å². The third-order valence-corrected chi connectivity index (χ3v) is 15.8. The number of aromatic nitrogens is 1. The van der Waals surface area contributed by atoms with Crippen molar-refractivity contribution in [3.05, 3.63) is 63.8 Å². The van der Waals surface area contributed by atoms with Gasteiger partial charge in [-0.15, -0.1) is 0 Å². The molecule has 0 spiro atoms. The number of halogens is 1. The van der Waals surface area contributed by atoms with Gasteiger partial charge in [0.15, 0.2) is 5.78 Å². The van der Waals surface area contributed by atoms with Crippen LogP contribution in [0.5, 0.6) is 0 Å². The van der Waals surface area contributed by atoms with E-state index in [1.165, 1.54) is 40.3 Å². The van der Waals surface area contributed by atoms with E-state index in [0.717, 1.165) is 11.3 Å². The van der Waals surface area contributed by atoms with Gasteiger partial charge in [0.25, 0.3) is 0 Å². The monoisotopic (exact) mass is 604 g/mol. The van der Waals surface area contributed by atoms with Gasteiger partial charge in [0.2, 0.25) is 0 Å². The Balaban J connectivity index is 0.000000436. The van der Waals surface area contributed by atoms with Crippen LogP contribution >= 0.6 is 23.1 Å². The third-order valence-electron chi connectivity index (χ3n) is 3.45. The number of nitrogens with zero attached hydrogens (tertiary/aromatic N) is 1. The summed E-state index contributed by atoms with van der Waals surface area (Å²) in [6, 6.07) is 11.9. The highest BCUT2D eigenvalue weighted by Gasteiger charge is 2.04. The number of aryl methyl sites for hydroxylation is 3. The predicted molar refractivity (Wildman–Crippen MR) is 159 cm³/mol. The lowest BCUT2D eigenvalue weighted by atomic mass is 10.1. The van der Waals surface area contributed by atoms with E-state index in [0.29, 0.717) is 10.6 Å². The highest BCUT2D eigenvalue weighted by Crippen LogP contribution is 2.22. The number of hydrogen-bond donors (Lipinski definition) is 1. The molecule has 0 saturated carbocycles. The molecule has 0 aliphatic carbocycles. The molecule has 3 rings (SSSR count). The number of carbonyl (C=O) groups is 1. The first-order valence-electron chi connectivity index (χ1n) is 8.15. The van der Waals surface area contributed by atoms with Crippen molar-refractivity contribution in [1.29, 1.82) is 0 Å². The molecule has 31 heavy (non-hydrogen) atoms. The normalized spacial score (nSPS) is 8.94. The summed E-state index contributed by atoms with van der Waals surface area (Å²) < 4.78 is 5.56. The van der Waals surface area contributed by atoms with Crippen molar-refractivity contribution in [3.8, 4) is 0 Å². The van der Waals surface area contributed by atoms with Gasteiger partial charge in [-0.05, 0) is 63.5 Å². The summed E-state index contributed by atoms with van der Waals surface area (Å²) >= 11 is 16.6. The molecule has 170 valence electrons. The van der Waals surface area contributed by atoms with Gasteiger partial charge in [0.05, 0.1) is 15.4 Å². The number of Topliss-reactive ketones (excluding diaryl/α,β-unsaturated/α-hetero) is 1. The molecule has 13 heteroatoms. The van der Waals surface area contributed by atoms with Crippen LogP contribution in [0, 0.1) is 20.8 Å². The minimum Gasteiger partial charge on any atom is -0.344 e. The first kappa shape index (κ1) is 31.0. The number of fused-ring (bicyclic) bond motifs is 1. The molecule has 0 atom stereocenters. The van der Waals surface area contributed by atoms with Crippen molar-refractivity contribution in [3.63, 3.8) is 0 Å². The molecule has 0 aliphatic heterocycles. The van der Waals surface area contributed by atoms with Gasteiger partial charge in [-0.25, -0.2) is 0 Å². The number of ketones is 1. The molecule has 3 nitrogen and oxygen atoms in total. The summed E-state index contributed by atoms with van der Waals surface area (Å²) in [5.74, 6) is 0.0127. The van der Waals surface area contributed by atoms with Crippen LogP contribution in [-0.2, 0) is 75.7 Å². The van der Waals surface area contributed by atoms with E-state index in [9.17, 15) is 4.79 Å². The molecular formula is C18H21ClN2OS9. The molecule has 2 aromatic carbocycles. The number of benzene rings is 2. The van der Waals surface area contributed by atoms with Crippen LogP contribution in [0.1, 0.15) is 34.1 Å². The van der Waals surface area contributed by atoms with E-state index in [-0.39, 0.29) is 11.9 Å². The fourth-order valence-electron chi connectivity index (χ4n) is 2.13. The smallest absolute Gasteiger partial charge is 0.161 e. The average Bonchev–Trinajstić information content (AvgIpc) is 3.08. The maximum Gasteiger partial charge on any atom is 0.161 e. The average molecular weight is 605 g/mol. The molecule has 0 amide bonds. The van der Waals surface area contributed by atoms with Crippen molar-refractivity contribution in [2.45, 2.75) is 27.7 Å². The summed E-state index contributed by atoms with van der Waals surface area (Å²) in [5.41, 5.74) is 4.11. The zero-order valence-corrected chi connectivity index (χ0v) is 25.2. The summed E-state index contributed by atoms with van der Waals surface area (Å²) in [6.45, 7) is 7.61. The van der Waals surface area contributed by atoms with Gasteiger partial charge in [0, 0.05) is 86.6 Å². The molecule has 0 radical (unpaired) electrons. The molecule has 0 fully saturated rings. The van der Waals surface area contributed by atoms with Gasteiger partial charge < -0.3 is 6.15 Å².